The summed E-state index contributed by atoms with van der Waals surface area (Å²) < 4.78 is 5.84. The molecule has 3 heteroatoms. The van der Waals surface area contributed by atoms with Crippen LogP contribution in [-0.2, 0) is 9.53 Å². The van der Waals surface area contributed by atoms with E-state index >= 15 is 0 Å². The first-order chi connectivity index (χ1) is 17.7. The maximum atomic E-state index is 13.7. The molecule has 204 valence electrons. The van der Waals surface area contributed by atoms with E-state index in [1.165, 1.54) is 37.7 Å². The van der Waals surface area contributed by atoms with E-state index in [1.54, 1.807) is 0 Å². The van der Waals surface area contributed by atoms with Crippen LogP contribution in [0, 0.1) is 17.8 Å². The lowest BCUT2D eigenvalue weighted by atomic mass is 9.73. The Morgan fingerprint density at radius 2 is 1.76 bits per heavy atom. The second kappa shape index (κ2) is 15.6. The van der Waals surface area contributed by atoms with Crippen LogP contribution in [-0.4, -0.2) is 23.8 Å². The van der Waals surface area contributed by atoms with Gasteiger partial charge >= 0.3 is 0 Å². The Kier molecular flexibility index (Phi) is 13.0. The Labute approximate surface area is 227 Å². The van der Waals surface area contributed by atoms with Crippen molar-refractivity contribution in [3.63, 3.8) is 0 Å². The lowest BCUT2D eigenvalue weighted by Gasteiger charge is -2.33. The van der Waals surface area contributed by atoms with Gasteiger partial charge in [-0.15, -0.1) is 0 Å². The summed E-state index contributed by atoms with van der Waals surface area (Å²) in [6, 6.07) is 10.2. The number of nitrogens with zero attached hydrogens (tertiary/aromatic N) is 1. The van der Waals surface area contributed by atoms with Crippen molar-refractivity contribution in [3.05, 3.63) is 83.9 Å². The van der Waals surface area contributed by atoms with Gasteiger partial charge in [0, 0.05) is 24.6 Å². The molecule has 2 unspecified atom stereocenters. The first kappa shape index (κ1) is 30.7. The molecule has 1 aliphatic carbocycles. The standard InChI is InChI=1S/C34H51NO2/c1-9-32(37-11-3)23-26(6)24-33(28(8)34(36)27(7)30-15-13-12-14-16-30)31-19-17-29(18-20-31)21-22-35(10-2)25(4)5/h9-10,12-16,26-27,29,31H,2,4,11,17-24H2,1,3,5-8H3. The molecule has 2 atom stereocenters. The summed E-state index contributed by atoms with van der Waals surface area (Å²) in [4.78, 5) is 15.9. The smallest absolute Gasteiger partial charge is 0.165 e. The fraction of sp³-hybridized carbons (Fsp3) is 0.559. The second-order valence-electron chi connectivity index (χ2n) is 11.0. The van der Waals surface area contributed by atoms with E-state index in [-0.39, 0.29) is 11.7 Å². The number of ketones is 1. The molecule has 0 aliphatic heterocycles. The van der Waals surface area contributed by atoms with Crippen LogP contribution < -0.4 is 0 Å². The average molecular weight is 506 g/mol. The van der Waals surface area contributed by atoms with Gasteiger partial charge in [0.15, 0.2) is 5.78 Å². The van der Waals surface area contributed by atoms with E-state index < -0.39 is 0 Å². The maximum Gasteiger partial charge on any atom is 0.165 e. The summed E-state index contributed by atoms with van der Waals surface area (Å²) in [5.41, 5.74) is 4.53. The number of Topliss-reactive ketones (excluding diaryl/α,β-unsaturated/α-hetero) is 1. The Hall–Kier alpha value is -2.55. The fourth-order valence-electron chi connectivity index (χ4n) is 5.80. The van der Waals surface area contributed by atoms with Crippen LogP contribution in [0.4, 0.5) is 0 Å². The highest BCUT2D eigenvalue weighted by Gasteiger charge is 2.29. The third-order valence-electron chi connectivity index (χ3n) is 8.14. The molecule has 1 aromatic carbocycles. The van der Waals surface area contributed by atoms with Crippen molar-refractivity contribution in [1.82, 2.24) is 4.90 Å². The molecule has 3 nitrogen and oxygen atoms in total. The summed E-state index contributed by atoms with van der Waals surface area (Å²) in [5, 5.41) is 0. The maximum absolute atomic E-state index is 13.7. The van der Waals surface area contributed by atoms with Gasteiger partial charge in [0.05, 0.1) is 12.4 Å². The molecular formula is C34H51NO2. The van der Waals surface area contributed by atoms with Gasteiger partial charge in [0.2, 0.25) is 0 Å². The topological polar surface area (TPSA) is 29.5 Å². The van der Waals surface area contributed by atoms with Crippen LogP contribution >= 0.6 is 0 Å². The van der Waals surface area contributed by atoms with E-state index in [1.807, 2.05) is 45.2 Å². The Bertz CT molecular complexity index is 934. The van der Waals surface area contributed by atoms with Crippen LogP contribution in [0.3, 0.4) is 0 Å². The van der Waals surface area contributed by atoms with Crippen LogP contribution in [0.2, 0.25) is 0 Å². The predicted molar refractivity (Wildman–Crippen MR) is 158 cm³/mol. The largest absolute Gasteiger partial charge is 0.499 e. The first-order valence-electron chi connectivity index (χ1n) is 14.3. The lowest BCUT2D eigenvalue weighted by Crippen LogP contribution is -2.24. The minimum absolute atomic E-state index is 0.121. The van der Waals surface area contributed by atoms with E-state index in [0.29, 0.717) is 18.4 Å². The molecule has 0 aromatic heterocycles. The van der Waals surface area contributed by atoms with Gasteiger partial charge < -0.3 is 9.64 Å². The monoisotopic (exact) mass is 505 g/mol. The van der Waals surface area contributed by atoms with E-state index in [0.717, 1.165) is 47.9 Å². The van der Waals surface area contributed by atoms with Gasteiger partial charge in [-0.05, 0) is 107 Å². The Morgan fingerprint density at radius 1 is 1.11 bits per heavy atom. The molecule has 37 heavy (non-hydrogen) atoms. The quantitative estimate of drug-likeness (QED) is 0.176. The van der Waals surface area contributed by atoms with Crippen molar-refractivity contribution < 1.29 is 9.53 Å². The third-order valence-corrected chi connectivity index (χ3v) is 8.14. The number of carbonyl (C=O) groups excluding carboxylic acids is 1. The van der Waals surface area contributed by atoms with E-state index in [2.05, 4.69) is 57.0 Å². The highest BCUT2D eigenvalue weighted by atomic mass is 16.5. The number of rotatable bonds is 15. The molecule has 1 aliphatic rings. The number of hydrogen-bond acceptors (Lipinski definition) is 3. The van der Waals surface area contributed by atoms with Crippen molar-refractivity contribution >= 4 is 5.78 Å². The van der Waals surface area contributed by atoms with Crippen LogP contribution in [0.25, 0.3) is 0 Å². The zero-order valence-corrected chi connectivity index (χ0v) is 24.4. The Morgan fingerprint density at radius 3 is 2.30 bits per heavy atom. The first-order valence-corrected chi connectivity index (χ1v) is 14.3. The normalized spacial score (nSPS) is 20.4. The van der Waals surface area contributed by atoms with Crippen LogP contribution in [0.1, 0.15) is 98.0 Å². The van der Waals surface area contributed by atoms with Crippen molar-refractivity contribution in [2.45, 2.75) is 92.4 Å². The van der Waals surface area contributed by atoms with Gasteiger partial charge in [-0.2, -0.15) is 0 Å². The van der Waals surface area contributed by atoms with Crippen LogP contribution in [0.5, 0.6) is 0 Å². The van der Waals surface area contributed by atoms with Gasteiger partial charge in [0.1, 0.15) is 0 Å². The number of allylic oxidation sites excluding steroid dienone is 5. The molecule has 0 N–H and O–H groups in total. The predicted octanol–water partition coefficient (Wildman–Crippen LogP) is 9.21. The molecule has 0 heterocycles. The van der Waals surface area contributed by atoms with Gasteiger partial charge in [0.25, 0.3) is 0 Å². The molecule has 0 spiro atoms. The number of benzene rings is 1. The molecular weight excluding hydrogens is 454 g/mol. The van der Waals surface area contributed by atoms with Gasteiger partial charge in [-0.25, -0.2) is 0 Å². The highest BCUT2D eigenvalue weighted by molar-refractivity contribution is 6.00. The van der Waals surface area contributed by atoms with E-state index in [4.69, 9.17) is 4.74 Å². The third kappa shape index (κ3) is 9.36. The van der Waals surface area contributed by atoms with Gasteiger partial charge in [-0.3, -0.25) is 4.79 Å². The molecule has 0 bridgehead atoms. The number of hydrogen-bond donors (Lipinski definition) is 0. The molecule has 0 amide bonds. The number of ether oxygens (including phenoxy) is 1. The average Bonchev–Trinajstić information content (AvgIpc) is 2.91. The summed E-state index contributed by atoms with van der Waals surface area (Å²) in [6.07, 6.45) is 11.8. The van der Waals surface area contributed by atoms with Crippen molar-refractivity contribution in [2.75, 3.05) is 13.2 Å². The minimum Gasteiger partial charge on any atom is -0.499 e. The Balaban J connectivity index is 2.19. The summed E-state index contributed by atoms with van der Waals surface area (Å²) in [6.45, 7) is 22.3. The van der Waals surface area contributed by atoms with Crippen molar-refractivity contribution in [1.29, 1.82) is 0 Å². The zero-order chi connectivity index (χ0) is 27.4. The SMILES string of the molecule is C=CN(CCC1CCC(C(CC(C)CC(=CC)OCC)=C(C)C(=O)C(C)c2ccccc2)CC1)C(=C)C. The molecule has 0 radical (unpaired) electrons. The fourth-order valence-corrected chi connectivity index (χ4v) is 5.80. The second-order valence-corrected chi connectivity index (χ2v) is 11.0. The number of carbonyl (C=O) groups is 1. The lowest BCUT2D eigenvalue weighted by molar-refractivity contribution is -0.116. The highest BCUT2D eigenvalue weighted by Crippen LogP contribution is 2.40. The summed E-state index contributed by atoms with van der Waals surface area (Å²) >= 11 is 0. The minimum atomic E-state index is -0.121. The van der Waals surface area contributed by atoms with Crippen LogP contribution in [0.15, 0.2) is 78.4 Å². The summed E-state index contributed by atoms with van der Waals surface area (Å²) in [5.74, 6) is 2.85. The molecule has 1 fully saturated rings. The van der Waals surface area contributed by atoms with E-state index in [9.17, 15) is 4.79 Å². The van der Waals surface area contributed by atoms with Crippen molar-refractivity contribution in [3.8, 4) is 0 Å². The van der Waals surface area contributed by atoms with Gasteiger partial charge in [-0.1, -0.05) is 62.9 Å². The molecule has 0 saturated heterocycles. The molecule has 1 saturated carbocycles. The molecule has 2 rings (SSSR count). The molecule has 1 aromatic rings. The van der Waals surface area contributed by atoms with Crippen molar-refractivity contribution in [2.24, 2.45) is 17.8 Å². The zero-order valence-electron chi connectivity index (χ0n) is 24.4. The summed E-state index contributed by atoms with van der Waals surface area (Å²) in [7, 11) is 0.